The summed E-state index contributed by atoms with van der Waals surface area (Å²) in [4.78, 5) is 11.9. The van der Waals surface area contributed by atoms with Crippen molar-refractivity contribution < 1.29 is 13.2 Å². The van der Waals surface area contributed by atoms with Crippen LogP contribution in [0.15, 0.2) is 0 Å². The van der Waals surface area contributed by atoms with Gasteiger partial charge in [-0.25, -0.2) is 8.42 Å². The SMILES string of the molecule is CCCS(=O)(=O)N1CCCCC1C1CCCC1=O. The highest BCUT2D eigenvalue weighted by molar-refractivity contribution is 7.89. The fraction of sp³-hybridized carbons (Fsp3) is 0.923. The van der Waals surface area contributed by atoms with Gasteiger partial charge in [0.2, 0.25) is 10.0 Å². The molecule has 104 valence electrons. The molecule has 0 radical (unpaired) electrons. The monoisotopic (exact) mass is 273 g/mol. The lowest BCUT2D eigenvalue weighted by molar-refractivity contribution is -0.122. The zero-order chi connectivity index (χ0) is 13.2. The van der Waals surface area contributed by atoms with Crippen LogP contribution in [0.3, 0.4) is 0 Å². The first-order valence-corrected chi connectivity index (χ1v) is 8.69. The van der Waals surface area contributed by atoms with E-state index in [-0.39, 0.29) is 23.5 Å². The average molecular weight is 273 g/mol. The zero-order valence-corrected chi connectivity index (χ0v) is 11.9. The van der Waals surface area contributed by atoms with Gasteiger partial charge in [-0.15, -0.1) is 0 Å². The number of hydrogen-bond acceptors (Lipinski definition) is 3. The first-order chi connectivity index (χ1) is 8.56. The molecule has 2 unspecified atom stereocenters. The van der Waals surface area contributed by atoms with Crippen molar-refractivity contribution in [2.75, 3.05) is 12.3 Å². The second-order valence-electron chi connectivity index (χ2n) is 5.45. The summed E-state index contributed by atoms with van der Waals surface area (Å²) in [7, 11) is -3.16. The van der Waals surface area contributed by atoms with Crippen LogP contribution in [0, 0.1) is 5.92 Å². The molecular formula is C13H23NO3S. The first-order valence-electron chi connectivity index (χ1n) is 7.08. The molecule has 0 aromatic rings. The molecule has 0 amide bonds. The lowest BCUT2D eigenvalue weighted by Gasteiger charge is -2.37. The average Bonchev–Trinajstić information content (AvgIpc) is 2.75. The Kier molecular flexibility index (Phi) is 4.43. The van der Waals surface area contributed by atoms with E-state index < -0.39 is 10.0 Å². The first kappa shape index (κ1) is 14.0. The van der Waals surface area contributed by atoms with Gasteiger partial charge in [-0.1, -0.05) is 13.3 Å². The quantitative estimate of drug-likeness (QED) is 0.786. The van der Waals surface area contributed by atoms with Crippen molar-refractivity contribution in [2.24, 2.45) is 5.92 Å². The minimum Gasteiger partial charge on any atom is -0.299 e. The predicted molar refractivity (Wildman–Crippen MR) is 70.8 cm³/mol. The third-order valence-corrected chi connectivity index (χ3v) is 6.23. The van der Waals surface area contributed by atoms with Gasteiger partial charge in [0.15, 0.2) is 0 Å². The summed E-state index contributed by atoms with van der Waals surface area (Å²) < 4.78 is 26.2. The second-order valence-corrected chi connectivity index (χ2v) is 7.50. The maximum absolute atomic E-state index is 12.3. The number of rotatable bonds is 4. The second kappa shape index (κ2) is 5.70. The number of Topliss-reactive ketones (excluding diaryl/α,β-unsaturated/α-hetero) is 1. The molecule has 0 aromatic heterocycles. The number of nitrogens with zero attached hydrogens (tertiary/aromatic N) is 1. The van der Waals surface area contributed by atoms with E-state index in [1.165, 1.54) is 0 Å². The number of piperidine rings is 1. The van der Waals surface area contributed by atoms with E-state index in [1.54, 1.807) is 4.31 Å². The van der Waals surface area contributed by atoms with E-state index in [0.717, 1.165) is 32.1 Å². The van der Waals surface area contributed by atoms with Gasteiger partial charge in [0, 0.05) is 24.9 Å². The Labute approximate surface area is 110 Å². The minimum absolute atomic E-state index is 0.0306. The third-order valence-electron chi connectivity index (χ3n) is 4.13. The Morgan fingerprint density at radius 1 is 1.22 bits per heavy atom. The zero-order valence-electron chi connectivity index (χ0n) is 11.1. The molecule has 2 rings (SSSR count). The Morgan fingerprint density at radius 2 is 2.00 bits per heavy atom. The summed E-state index contributed by atoms with van der Waals surface area (Å²) in [6, 6.07) is -0.0506. The summed E-state index contributed by atoms with van der Waals surface area (Å²) in [6.07, 6.45) is 5.93. The van der Waals surface area contributed by atoms with Crippen LogP contribution >= 0.6 is 0 Å². The standard InChI is InChI=1S/C13H23NO3S/c1-2-10-18(16,17)14-9-4-3-7-12(14)11-6-5-8-13(11)15/h11-12H,2-10H2,1H3. The molecule has 2 aliphatic rings. The lowest BCUT2D eigenvalue weighted by atomic mass is 9.90. The molecular weight excluding hydrogens is 250 g/mol. The van der Waals surface area contributed by atoms with Crippen molar-refractivity contribution in [3.63, 3.8) is 0 Å². The molecule has 0 N–H and O–H groups in total. The van der Waals surface area contributed by atoms with Crippen molar-refractivity contribution >= 4 is 15.8 Å². The van der Waals surface area contributed by atoms with Gasteiger partial charge in [-0.2, -0.15) is 4.31 Å². The smallest absolute Gasteiger partial charge is 0.214 e. The van der Waals surface area contributed by atoms with Crippen molar-refractivity contribution in [1.29, 1.82) is 0 Å². The number of carbonyl (C=O) groups is 1. The number of ketones is 1. The molecule has 1 saturated carbocycles. The fourth-order valence-corrected chi connectivity index (χ4v) is 5.13. The van der Waals surface area contributed by atoms with E-state index in [9.17, 15) is 13.2 Å². The van der Waals surface area contributed by atoms with Crippen molar-refractivity contribution in [3.05, 3.63) is 0 Å². The molecule has 4 nitrogen and oxygen atoms in total. The number of carbonyl (C=O) groups excluding carboxylic acids is 1. The van der Waals surface area contributed by atoms with Gasteiger partial charge in [-0.3, -0.25) is 4.79 Å². The summed E-state index contributed by atoms with van der Waals surface area (Å²) >= 11 is 0. The van der Waals surface area contributed by atoms with Gasteiger partial charge < -0.3 is 0 Å². The highest BCUT2D eigenvalue weighted by Crippen LogP contribution is 2.34. The van der Waals surface area contributed by atoms with Crippen LogP contribution in [0.1, 0.15) is 51.9 Å². The van der Waals surface area contributed by atoms with Crippen LogP contribution in [0.2, 0.25) is 0 Å². The maximum atomic E-state index is 12.3. The molecule has 18 heavy (non-hydrogen) atoms. The molecule has 2 fully saturated rings. The maximum Gasteiger partial charge on any atom is 0.214 e. The van der Waals surface area contributed by atoms with E-state index in [2.05, 4.69) is 0 Å². The highest BCUT2D eigenvalue weighted by atomic mass is 32.2. The summed E-state index contributed by atoms with van der Waals surface area (Å²) in [5, 5.41) is 0. The summed E-state index contributed by atoms with van der Waals surface area (Å²) in [5.41, 5.74) is 0. The predicted octanol–water partition coefficient (Wildman–Crippen LogP) is 1.95. The normalized spacial score (nSPS) is 30.8. The lowest BCUT2D eigenvalue weighted by Crippen LogP contribution is -2.49. The van der Waals surface area contributed by atoms with Gasteiger partial charge in [-0.05, 0) is 32.1 Å². The van der Waals surface area contributed by atoms with Gasteiger partial charge in [0.05, 0.1) is 5.75 Å². The van der Waals surface area contributed by atoms with E-state index >= 15 is 0 Å². The molecule has 1 saturated heterocycles. The molecule has 1 aliphatic heterocycles. The Balaban J connectivity index is 2.18. The molecule has 1 heterocycles. The molecule has 5 heteroatoms. The van der Waals surface area contributed by atoms with Gasteiger partial charge >= 0.3 is 0 Å². The molecule has 0 spiro atoms. The van der Waals surface area contributed by atoms with Crippen molar-refractivity contribution in [3.8, 4) is 0 Å². The van der Waals surface area contributed by atoms with Crippen LogP contribution in [-0.2, 0) is 14.8 Å². The topological polar surface area (TPSA) is 54.5 Å². The minimum atomic E-state index is -3.16. The van der Waals surface area contributed by atoms with E-state index in [1.807, 2.05) is 6.92 Å². The largest absolute Gasteiger partial charge is 0.299 e. The Morgan fingerprint density at radius 3 is 2.61 bits per heavy atom. The van der Waals surface area contributed by atoms with Gasteiger partial charge in [0.1, 0.15) is 5.78 Å². The Hall–Kier alpha value is -0.420. The number of hydrogen-bond donors (Lipinski definition) is 0. The summed E-state index contributed by atoms with van der Waals surface area (Å²) in [5.74, 6) is 0.459. The van der Waals surface area contributed by atoms with Crippen molar-refractivity contribution in [1.82, 2.24) is 4.31 Å². The molecule has 2 atom stereocenters. The van der Waals surface area contributed by atoms with Gasteiger partial charge in [0.25, 0.3) is 0 Å². The van der Waals surface area contributed by atoms with Crippen LogP contribution in [0.25, 0.3) is 0 Å². The summed E-state index contributed by atoms with van der Waals surface area (Å²) in [6.45, 7) is 2.49. The highest BCUT2D eigenvalue weighted by Gasteiger charge is 2.40. The van der Waals surface area contributed by atoms with Crippen LogP contribution in [-0.4, -0.2) is 36.8 Å². The molecule has 1 aliphatic carbocycles. The Bertz CT molecular complexity index is 404. The van der Waals surface area contributed by atoms with Crippen LogP contribution < -0.4 is 0 Å². The van der Waals surface area contributed by atoms with Crippen molar-refractivity contribution in [2.45, 2.75) is 57.9 Å². The van der Waals surface area contributed by atoms with Crippen LogP contribution in [0.5, 0.6) is 0 Å². The molecule has 0 bridgehead atoms. The fourth-order valence-electron chi connectivity index (χ4n) is 3.30. The molecule has 0 aromatic carbocycles. The van der Waals surface area contributed by atoms with Crippen LogP contribution in [0.4, 0.5) is 0 Å². The third kappa shape index (κ3) is 2.77. The van der Waals surface area contributed by atoms with E-state index in [4.69, 9.17) is 0 Å². The van der Waals surface area contributed by atoms with E-state index in [0.29, 0.717) is 19.4 Å². The number of sulfonamides is 1.